The van der Waals surface area contributed by atoms with Crippen LogP contribution in [0, 0.1) is 5.92 Å². The molecule has 0 unspecified atom stereocenters. The van der Waals surface area contributed by atoms with Gasteiger partial charge in [0.2, 0.25) is 0 Å². The minimum absolute atomic E-state index is 0.0510. The van der Waals surface area contributed by atoms with Gasteiger partial charge in [0, 0.05) is 43.5 Å². The molecule has 6 nitrogen and oxygen atoms in total. The van der Waals surface area contributed by atoms with E-state index >= 15 is 0 Å². The molecule has 3 aromatic carbocycles. The van der Waals surface area contributed by atoms with Crippen LogP contribution in [0.5, 0.6) is 11.5 Å². The van der Waals surface area contributed by atoms with Crippen LogP contribution in [0.3, 0.4) is 0 Å². The highest BCUT2D eigenvalue weighted by atomic mass is 16.6. The number of amides is 1. The van der Waals surface area contributed by atoms with E-state index in [9.17, 15) is 9.90 Å². The molecule has 6 heteroatoms. The van der Waals surface area contributed by atoms with E-state index in [-0.39, 0.29) is 17.9 Å². The average Bonchev–Trinajstić information content (AvgIpc) is 2.93. The number of anilines is 1. The fourth-order valence-corrected chi connectivity index (χ4v) is 5.84. The second kappa shape index (κ2) is 11.7. The van der Waals surface area contributed by atoms with Crippen molar-refractivity contribution in [2.45, 2.75) is 31.8 Å². The van der Waals surface area contributed by atoms with E-state index in [1.807, 2.05) is 54.6 Å². The monoisotopic (exact) mass is 501 g/mol. The van der Waals surface area contributed by atoms with Crippen LogP contribution in [-0.4, -0.2) is 61.1 Å². The van der Waals surface area contributed by atoms with E-state index in [0.717, 1.165) is 62.0 Å². The summed E-state index contributed by atoms with van der Waals surface area (Å²) in [6.07, 6.45) is 3.60. The predicted octanol–water partition coefficient (Wildman–Crippen LogP) is 5.66. The van der Waals surface area contributed by atoms with Crippen molar-refractivity contribution in [3.8, 4) is 11.5 Å². The summed E-state index contributed by atoms with van der Waals surface area (Å²) < 4.78 is 13.1. The number of benzene rings is 3. The maximum Gasteiger partial charge on any atom is 0.414 e. The first kappa shape index (κ1) is 25.2. The number of carbonyl (C=O) groups is 1. The maximum atomic E-state index is 13.5. The molecular weight excluding hydrogens is 464 g/mol. The number of fused-ring (bicyclic) bond motifs is 3. The van der Waals surface area contributed by atoms with Crippen LogP contribution >= 0.6 is 0 Å². The quantitative estimate of drug-likeness (QED) is 0.288. The van der Waals surface area contributed by atoms with Crippen LogP contribution in [0.4, 0.5) is 10.5 Å². The van der Waals surface area contributed by atoms with Crippen LogP contribution in [0.1, 0.15) is 24.8 Å². The number of para-hydroxylation sites is 1. The SMILES string of the molecule is O=C(O[C@H]1C[N+]2(CCCOc3cccc(O)c3)CCC1CC2)N(CCc1ccccc1)c1ccccc1. The molecule has 0 aromatic heterocycles. The summed E-state index contributed by atoms with van der Waals surface area (Å²) in [5.74, 6) is 1.36. The van der Waals surface area contributed by atoms with E-state index in [2.05, 4.69) is 12.1 Å². The van der Waals surface area contributed by atoms with Gasteiger partial charge in [-0.3, -0.25) is 4.90 Å². The van der Waals surface area contributed by atoms with Crippen molar-refractivity contribution in [2.24, 2.45) is 5.92 Å². The van der Waals surface area contributed by atoms with Crippen molar-refractivity contribution < 1.29 is 23.9 Å². The number of carbonyl (C=O) groups excluding carboxylic acids is 1. The van der Waals surface area contributed by atoms with Crippen molar-refractivity contribution in [3.05, 3.63) is 90.5 Å². The lowest BCUT2D eigenvalue weighted by atomic mass is 9.83. The smallest absolute Gasteiger partial charge is 0.414 e. The Morgan fingerprint density at radius 3 is 2.41 bits per heavy atom. The van der Waals surface area contributed by atoms with Crippen LogP contribution in [0.2, 0.25) is 0 Å². The standard InChI is InChI=1S/C31H36N2O4/c34-28-13-7-14-29(23-28)36-22-8-19-33-20-16-26(17-21-33)30(24-33)37-31(35)32(27-11-5-2-6-12-27)18-15-25-9-3-1-4-10-25/h1-7,9-14,23,26,30H,8,15-22,24H2/p+1/t26?,30-,33?/m0/s1. The van der Waals surface area contributed by atoms with Crippen LogP contribution in [0.15, 0.2) is 84.9 Å². The highest BCUT2D eigenvalue weighted by Gasteiger charge is 2.47. The summed E-state index contributed by atoms with van der Waals surface area (Å²) in [5.41, 5.74) is 2.08. The molecule has 6 rings (SSSR count). The summed E-state index contributed by atoms with van der Waals surface area (Å²) >= 11 is 0. The van der Waals surface area contributed by atoms with E-state index < -0.39 is 0 Å². The van der Waals surface area contributed by atoms with Crippen molar-refractivity contribution in [3.63, 3.8) is 0 Å². The molecule has 0 radical (unpaired) electrons. The lowest BCUT2D eigenvalue weighted by Gasteiger charge is -2.52. The second-order valence-corrected chi connectivity index (χ2v) is 10.4. The van der Waals surface area contributed by atoms with Crippen LogP contribution in [-0.2, 0) is 11.2 Å². The van der Waals surface area contributed by atoms with E-state index in [4.69, 9.17) is 9.47 Å². The Bertz CT molecular complexity index is 1150. The molecule has 194 valence electrons. The number of ether oxygens (including phenoxy) is 2. The molecule has 1 amide bonds. The van der Waals surface area contributed by atoms with Gasteiger partial charge in [0.15, 0.2) is 6.10 Å². The number of nitrogens with zero attached hydrogens (tertiary/aromatic N) is 2. The summed E-state index contributed by atoms with van der Waals surface area (Å²) in [7, 11) is 0. The third-order valence-corrected chi connectivity index (χ3v) is 7.91. The zero-order valence-electron chi connectivity index (χ0n) is 21.4. The molecule has 3 aliphatic rings. The second-order valence-electron chi connectivity index (χ2n) is 10.4. The Kier molecular flexibility index (Phi) is 7.95. The molecule has 3 heterocycles. The molecule has 1 atom stereocenters. The van der Waals surface area contributed by atoms with Crippen LogP contribution < -0.4 is 9.64 Å². The van der Waals surface area contributed by atoms with Gasteiger partial charge in [0.1, 0.15) is 18.0 Å². The lowest BCUT2D eigenvalue weighted by molar-refractivity contribution is -0.946. The van der Waals surface area contributed by atoms with Crippen molar-refractivity contribution in [1.29, 1.82) is 0 Å². The number of phenolic OH excluding ortho intramolecular Hbond substituents is 1. The molecule has 3 aliphatic heterocycles. The zero-order chi connectivity index (χ0) is 25.5. The van der Waals surface area contributed by atoms with Crippen molar-refractivity contribution >= 4 is 11.8 Å². The van der Waals surface area contributed by atoms with E-state index in [1.54, 1.807) is 23.1 Å². The maximum absolute atomic E-state index is 13.5. The molecule has 2 bridgehead atoms. The molecule has 0 saturated carbocycles. The third kappa shape index (κ3) is 6.44. The number of piperidine rings is 3. The normalized spacial score (nSPS) is 22.4. The number of phenols is 1. The number of rotatable bonds is 10. The molecule has 3 fully saturated rings. The first-order chi connectivity index (χ1) is 18.1. The van der Waals surface area contributed by atoms with Gasteiger partial charge in [-0.05, 0) is 36.2 Å². The summed E-state index contributed by atoms with van der Waals surface area (Å²) in [6.45, 7) is 5.36. The van der Waals surface area contributed by atoms with Gasteiger partial charge in [0.05, 0.1) is 26.2 Å². The fourth-order valence-electron chi connectivity index (χ4n) is 5.84. The van der Waals surface area contributed by atoms with Crippen LogP contribution in [0.25, 0.3) is 0 Å². The highest BCUT2D eigenvalue weighted by molar-refractivity contribution is 5.87. The topological polar surface area (TPSA) is 59.0 Å². The van der Waals surface area contributed by atoms with Gasteiger partial charge in [-0.25, -0.2) is 4.79 Å². The first-order valence-electron chi connectivity index (χ1n) is 13.4. The molecule has 0 spiro atoms. The van der Waals surface area contributed by atoms with Gasteiger partial charge in [-0.1, -0.05) is 54.6 Å². The summed E-state index contributed by atoms with van der Waals surface area (Å²) in [4.78, 5) is 15.3. The minimum atomic E-state index is -0.244. The van der Waals surface area contributed by atoms with Gasteiger partial charge >= 0.3 is 6.09 Å². The molecule has 1 N–H and O–H groups in total. The number of hydrogen-bond donors (Lipinski definition) is 1. The number of quaternary nitrogens is 1. The highest BCUT2D eigenvalue weighted by Crippen LogP contribution is 2.36. The van der Waals surface area contributed by atoms with Gasteiger partial charge in [-0.15, -0.1) is 0 Å². The third-order valence-electron chi connectivity index (χ3n) is 7.91. The predicted molar refractivity (Wildman–Crippen MR) is 145 cm³/mol. The van der Waals surface area contributed by atoms with Gasteiger partial charge in [-0.2, -0.15) is 0 Å². The Morgan fingerprint density at radius 2 is 1.68 bits per heavy atom. The average molecular weight is 502 g/mol. The molecule has 3 saturated heterocycles. The Balaban J connectivity index is 1.19. The number of aromatic hydroxyl groups is 1. The molecular formula is C31H37N2O4+. The summed E-state index contributed by atoms with van der Waals surface area (Å²) in [6, 6.07) is 27.1. The van der Waals surface area contributed by atoms with E-state index in [0.29, 0.717) is 24.8 Å². The molecule has 0 aliphatic carbocycles. The van der Waals surface area contributed by atoms with E-state index in [1.165, 1.54) is 5.56 Å². The number of hydrogen-bond acceptors (Lipinski definition) is 4. The fraction of sp³-hybridized carbons (Fsp3) is 0.387. The molecule has 37 heavy (non-hydrogen) atoms. The Labute approximate surface area is 219 Å². The molecule has 3 aromatic rings. The minimum Gasteiger partial charge on any atom is -0.508 e. The van der Waals surface area contributed by atoms with Gasteiger partial charge < -0.3 is 19.1 Å². The lowest BCUT2D eigenvalue weighted by Crippen LogP contribution is -2.65. The first-order valence-corrected chi connectivity index (χ1v) is 13.4. The zero-order valence-corrected chi connectivity index (χ0v) is 21.4. The summed E-state index contributed by atoms with van der Waals surface area (Å²) in [5, 5.41) is 9.63. The van der Waals surface area contributed by atoms with Crippen molar-refractivity contribution in [2.75, 3.05) is 44.2 Å². The van der Waals surface area contributed by atoms with Gasteiger partial charge in [0.25, 0.3) is 0 Å². The largest absolute Gasteiger partial charge is 0.508 e. The Morgan fingerprint density at radius 1 is 0.946 bits per heavy atom. The van der Waals surface area contributed by atoms with Crippen molar-refractivity contribution in [1.82, 2.24) is 0 Å². The Hall–Kier alpha value is -3.51.